The predicted molar refractivity (Wildman–Crippen MR) is 56.6 cm³/mol. The van der Waals surface area contributed by atoms with E-state index in [1.807, 2.05) is 0 Å². The zero-order chi connectivity index (χ0) is 9.97. The second-order valence-electron chi connectivity index (χ2n) is 3.22. The fourth-order valence-electron chi connectivity index (χ4n) is 1.43. The van der Waals surface area contributed by atoms with Gasteiger partial charge in [0.05, 0.1) is 0 Å². The summed E-state index contributed by atoms with van der Waals surface area (Å²) in [5.74, 6) is 0.574. The van der Waals surface area contributed by atoms with E-state index in [0.29, 0.717) is 10.7 Å². The van der Waals surface area contributed by atoms with Crippen LogP contribution in [0.2, 0.25) is 5.02 Å². The molecule has 2 rings (SSSR count). The fourth-order valence-corrected chi connectivity index (χ4v) is 1.66. The largest absolute Gasteiger partial charge is 0.344 e. The van der Waals surface area contributed by atoms with Crippen LogP contribution in [0.15, 0.2) is 23.2 Å². The molecule has 2 nitrogen and oxygen atoms in total. The van der Waals surface area contributed by atoms with Gasteiger partial charge in [-0.1, -0.05) is 11.6 Å². The molecule has 1 N–H and O–H groups in total. The molecule has 1 heterocycles. The van der Waals surface area contributed by atoms with Crippen LogP contribution in [0.5, 0.6) is 0 Å². The number of rotatable bonds is 1. The first-order valence-electron chi connectivity index (χ1n) is 4.50. The first-order valence-corrected chi connectivity index (χ1v) is 4.88. The molecule has 0 fully saturated rings. The highest BCUT2D eigenvalue weighted by Crippen LogP contribution is 2.19. The minimum atomic E-state index is -0.335. The van der Waals surface area contributed by atoms with Crippen molar-refractivity contribution in [3.8, 4) is 0 Å². The molecule has 14 heavy (non-hydrogen) atoms. The molecule has 1 aromatic rings. The number of hydrogen-bond acceptors (Lipinski definition) is 2. The van der Waals surface area contributed by atoms with Gasteiger partial charge in [0.2, 0.25) is 0 Å². The van der Waals surface area contributed by atoms with Crippen LogP contribution in [0.1, 0.15) is 12.8 Å². The van der Waals surface area contributed by atoms with E-state index in [2.05, 4.69) is 10.3 Å². The van der Waals surface area contributed by atoms with Crippen molar-refractivity contribution in [1.82, 2.24) is 0 Å². The fraction of sp³-hybridized carbons (Fsp3) is 0.300. The molecule has 1 aromatic carbocycles. The van der Waals surface area contributed by atoms with Crippen molar-refractivity contribution in [2.45, 2.75) is 12.8 Å². The smallest absolute Gasteiger partial charge is 0.126 e. The Morgan fingerprint density at radius 1 is 1.36 bits per heavy atom. The Kier molecular flexibility index (Phi) is 2.68. The third-order valence-electron chi connectivity index (χ3n) is 2.03. The predicted octanol–water partition coefficient (Wildman–Crippen LogP) is 3.08. The van der Waals surface area contributed by atoms with Crippen LogP contribution >= 0.6 is 11.6 Å². The van der Waals surface area contributed by atoms with Crippen LogP contribution in [0, 0.1) is 5.82 Å². The normalized spacial score (nSPS) is 15.4. The second-order valence-corrected chi connectivity index (χ2v) is 3.65. The van der Waals surface area contributed by atoms with Crippen molar-refractivity contribution in [1.29, 1.82) is 0 Å². The summed E-state index contributed by atoms with van der Waals surface area (Å²) >= 11 is 5.72. The summed E-state index contributed by atoms with van der Waals surface area (Å²) in [5, 5.41) is 3.44. The van der Waals surface area contributed by atoms with Gasteiger partial charge in [-0.2, -0.15) is 0 Å². The average Bonchev–Trinajstić information content (AvgIpc) is 2.54. The van der Waals surface area contributed by atoms with Crippen molar-refractivity contribution in [2.75, 3.05) is 11.9 Å². The topological polar surface area (TPSA) is 24.4 Å². The molecule has 0 bridgehead atoms. The summed E-state index contributed by atoms with van der Waals surface area (Å²) in [4.78, 5) is 4.23. The average molecular weight is 213 g/mol. The number of aliphatic imine (C=N–C) groups is 1. The van der Waals surface area contributed by atoms with E-state index >= 15 is 0 Å². The number of hydrogen-bond donors (Lipinski definition) is 1. The van der Waals surface area contributed by atoms with Crippen molar-refractivity contribution < 1.29 is 4.39 Å². The summed E-state index contributed by atoms with van der Waals surface area (Å²) in [6.45, 7) is 0.853. The van der Waals surface area contributed by atoms with E-state index < -0.39 is 0 Å². The molecule has 4 heteroatoms. The Balaban J connectivity index is 2.15. The van der Waals surface area contributed by atoms with Gasteiger partial charge in [-0.3, -0.25) is 4.99 Å². The van der Waals surface area contributed by atoms with Gasteiger partial charge < -0.3 is 5.32 Å². The maximum atomic E-state index is 12.9. The summed E-state index contributed by atoms with van der Waals surface area (Å²) in [7, 11) is 0. The number of nitrogens with zero attached hydrogens (tertiary/aromatic N) is 1. The first kappa shape index (κ1) is 9.46. The Bertz CT molecular complexity index is 356. The third-order valence-corrected chi connectivity index (χ3v) is 2.24. The standard InChI is InChI=1S/C10H10ClFN2/c11-7-4-8(12)6-9(5-7)14-10-2-1-3-13-10/h4-6H,1-3H2,(H,13,14). The lowest BCUT2D eigenvalue weighted by atomic mass is 10.3. The first-order chi connectivity index (χ1) is 6.74. The number of nitrogens with one attached hydrogen (secondary N) is 1. The maximum Gasteiger partial charge on any atom is 0.126 e. The SMILES string of the molecule is Fc1cc(Cl)cc(NC2=NCCC2)c1. The lowest BCUT2D eigenvalue weighted by Crippen LogP contribution is -2.08. The van der Waals surface area contributed by atoms with Crippen LogP contribution in [0.25, 0.3) is 0 Å². The summed E-state index contributed by atoms with van der Waals surface area (Å²) in [6.07, 6.45) is 1.99. The Hall–Kier alpha value is -1.09. The van der Waals surface area contributed by atoms with Crippen LogP contribution in [-0.2, 0) is 0 Å². The molecule has 0 saturated carbocycles. The third kappa shape index (κ3) is 2.23. The van der Waals surface area contributed by atoms with E-state index in [4.69, 9.17) is 11.6 Å². The van der Waals surface area contributed by atoms with Crippen molar-refractivity contribution in [2.24, 2.45) is 4.99 Å². The van der Waals surface area contributed by atoms with Crippen molar-refractivity contribution >= 4 is 23.1 Å². The van der Waals surface area contributed by atoms with Gasteiger partial charge in [0.1, 0.15) is 11.7 Å². The number of halogens is 2. The van der Waals surface area contributed by atoms with Gasteiger partial charge in [0.15, 0.2) is 0 Å². The molecule has 0 saturated heterocycles. The molecule has 0 atom stereocenters. The molecule has 0 radical (unpaired) electrons. The molecule has 0 amide bonds. The number of amidine groups is 1. The number of benzene rings is 1. The van der Waals surface area contributed by atoms with Gasteiger partial charge >= 0.3 is 0 Å². The van der Waals surface area contributed by atoms with E-state index in [9.17, 15) is 4.39 Å². The van der Waals surface area contributed by atoms with Crippen LogP contribution in [0.4, 0.5) is 10.1 Å². The summed E-state index contributed by atoms with van der Waals surface area (Å²) in [6, 6.07) is 4.38. The van der Waals surface area contributed by atoms with Gasteiger partial charge in [-0.15, -0.1) is 0 Å². The molecule has 1 aliphatic rings. The van der Waals surface area contributed by atoms with Gasteiger partial charge in [-0.05, 0) is 24.6 Å². The maximum absolute atomic E-state index is 12.9. The van der Waals surface area contributed by atoms with Crippen LogP contribution in [-0.4, -0.2) is 12.4 Å². The van der Waals surface area contributed by atoms with Gasteiger partial charge in [-0.25, -0.2) is 4.39 Å². The molecule has 0 spiro atoms. The van der Waals surface area contributed by atoms with Crippen LogP contribution < -0.4 is 5.32 Å². The molecule has 74 valence electrons. The lowest BCUT2D eigenvalue weighted by Gasteiger charge is -2.05. The van der Waals surface area contributed by atoms with Crippen molar-refractivity contribution in [3.05, 3.63) is 29.0 Å². The van der Waals surface area contributed by atoms with E-state index in [1.165, 1.54) is 12.1 Å². The minimum absolute atomic E-state index is 0.335. The second kappa shape index (κ2) is 3.96. The summed E-state index contributed by atoms with van der Waals surface area (Å²) in [5.41, 5.74) is 0.663. The van der Waals surface area contributed by atoms with Crippen LogP contribution in [0.3, 0.4) is 0 Å². The van der Waals surface area contributed by atoms with E-state index in [-0.39, 0.29) is 5.82 Å². The quantitative estimate of drug-likeness (QED) is 0.760. The zero-order valence-electron chi connectivity index (χ0n) is 7.56. The Morgan fingerprint density at radius 3 is 2.86 bits per heavy atom. The molecule has 1 aliphatic heterocycles. The lowest BCUT2D eigenvalue weighted by molar-refractivity contribution is 0.628. The highest BCUT2D eigenvalue weighted by Gasteiger charge is 2.07. The molecule has 0 aliphatic carbocycles. The highest BCUT2D eigenvalue weighted by atomic mass is 35.5. The van der Waals surface area contributed by atoms with Gasteiger partial charge in [0.25, 0.3) is 0 Å². The van der Waals surface area contributed by atoms with E-state index in [1.54, 1.807) is 6.07 Å². The minimum Gasteiger partial charge on any atom is -0.344 e. The van der Waals surface area contributed by atoms with E-state index in [0.717, 1.165) is 25.2 Å². The highest BCUT2D eigenvalue weighted by molar-refractivity contribution is 6.30. The molecule has 0 aromatic heterocycles. The number of anilines is 1. The molecular weight excluding hydrogens is 203 g/mol. The Labute approximate surface area is 86.8 Å². The molecule has 0 unspecified atom stereocenters. The Morgan fingerprint density at radius 2 is 2.21 bits per heavy atom. The summed E-state index contributed by atoms with van der Waals surface area (Å²) < 4.78 is 12.9. The monoisotopic (exact) mass is 212 g/mol. The van der Waals surface area contributed by atoms with Crippen molar-refractivity contribution in [3.63, 3.8) is 0 Å². The molecular formula is C10H10ClFN2. The zero-order valence-corrected chi connectivity index (χ0v) is 8.31. The van der Waals surface area contributed by atoms with Gasteiger partial charge in [0, 0.05) is 23.7 Å².